The number of benzene rings is 2. The second-order valence-corrected chi connectivity index (χ2v) is 23.4. The van der Waals surface area contributed by atoms with Crippen LogP contribution in [0.25, 0.3) is 0 Å². The summed E-state index contributed by atoms with van der Waals surface area (Å²) in [4.78, 5) is 102. The van der Waals surface area contributed by atoms with E-state index >= 15 is 0 Å². The van der Waals surface area contributed by atoms with Crippen LogP contribution < -0.4 is 11.5 Å². The SMILES string of the molecule is C/C=C/C(C)=C(/C#N)C(=O)OCC.CBr.CC(C)=O.CCOC(=O)C(C#N)=C(C)C.CCOC(=O)CC#N.CCOC(=O)c1c(C)ccnc1Br.COC(C)OC.Cc1ccccc1.Cc1ccccc1NC(=O)c1c(C)ccnc1Br.Cc1ccnc(Br)c1C(=O)Cl.Cc1ccnc(Br)c1C(=O)O.N. The molecule has 4 aromatic heterocycles. The third kappa shape index (κ3) is 50.5. The number of ether oxygens (including phenoxy) is 6. The smallest absolute Gasteiger partial charge is 0.349 e. The van der Waals surface area contributed by atoms with E-state index < -0.39 is 29.1 Å². The molecule has 0 saturated heterocycles. The van der Waals surface area contributed by atoms with Crippen molar-refractivity contribution in [2.24, 2.45) is 0 Å². The molecule has 30 heteroatoms. The van der Waals surface area contributed by atoms with Gasteiger partial charge in [0, 0.05) is 44.7 Å². The lowest BCUT2D eigenvalue weighted by Gasteiger charge is -2.10. The number of rotatable bonds is 15. The summed E-state index contributed by atoms with van der Waals surface area (Å²) in [6.07, 6.45) is 9.75. The number of nitriles is 3. The second kappa shape index (κ2) is 66.2. The van der Waals surface area contributed by atoms with Gasteiger partial charge in [0.2, 0.25) is 0 Å². The zero-order chi connectivity index (χ0) is 81.0. The van der Waals surface area contributed by atoms with Crippen molar-refractivity contribution >= 4 is 144 Å². The average Bonchev–Trinajstić information content (AvgIpc) is 0.857. The van der Waals surface area contributed by atoms with Crippen LogP contribution in [-0.4, -0.2) is 125 Å². The number of nitrogens with zero attached hydrogens (tertiary/aromatic N) is 7. The molecule has 105 heavy (non-hydrogen) atoms. The van der Waals surface area contributed by atoms with Crippen LogP contribution >= 0.6 is 91.3 Å². The van der Waals surface area contributed by atoms with Gasteiger partial charge in [-0.25, -0.2) is 39.1 Å². The zero-order valence-corrected chi connectivity index (χ0v) is 71.5. The van der Waals surface area contributed by atoms with Gasteiger partial charge in [-0.3, -0.25) is 14.4 Å². The number of ketones is 1. The number of amides is 1. The predicted octanol–water partition coefficient (Wildman–Crippen LogP) is 18.7. The third-order valence-corrected chi connectivity index (χ3v) is 14.2. The summed E-state index contributed by atoms with van der Waals surface area (Å²) in [5.74, 6) is -0.998. The van der Waals surface area contributed by atoms with Gasteiger partial charge in [0.05, 0.1) is 54.8 Å². The molecule has 0 aliphatic carbocycles. The number of allylic oxidation sites excluding steroid dienone is 4. The van der Waals surface area contributed by atoms with Crippen molar-refractivity contribution in [2.45, 2.75) is 130 Å². The fourth-order valence-electron chi connectivity index (χ4n) is 6.52. The van der Waals surface area contributed by atoms with Gasteiger partial charge in [-0.05, 0) is 263 Å². The van der Waals surface area contributed by atoms with Crippen molar-refractivity contribution < 1.29 is 71.9 Å². The summed E-state index contributed by atoms with van der Waals surface area (Å²) >= 11 is 20.9. The first kappa shape index (κ1) is 107. The molecule has 572 valence electrons. The topological polar surface area (TPSA) is 382 Å². The van der Waals surface area contributed by atoms with Crippen LogP contribution in [0.5, 0.6) is 0 Å². The van der Waals surface area contributed by atoms with Gasteiger partial charge in [0.1, 0.15) is 53.9 Å². The van der Waals surface area contributed by atoms with Gasteiger partial charge in [0.15, 0.2) is 6.29 Å². The fraction of sp³-hybridized carbons (Fsp3) is 0.347. The number of carbonyl (C=O) groups is 8. The number of para-hydroxylation sites is 1. The quantitative estimate of drug-likeness (QED) is 0.00989. The number of aromatic carboxylic acids is 1. The maximum Gasteiger partial charge on any atom is 0.349 e. The summed E-state index contributed by atoms with van der Waals surface area (Å²) in [6, 6.07) is 30.2. The monoisotopic (exact) mass is 1790 g/mol. The Labute approximate surface area is 665 Å². The highest BCUT2D eigenvalue weighted by atomic mass is 79.9. The molecule has 0 atom stereocenters. The van der Waals surface area contributed by atoms with E-state index in [1.807, 2.05) is 102 Å². The lowest BCUT2D eigenvalue weighted by atomic mass is 10.1. The molecule has 0 unspecified atom stereocenters. The van der Waals surface area contributed by atoms with E-state index in [-0.39, 0.29) is 59.8 Å². The van der Waals surface area contributed by atoms with E-state index in [1.165, 1.54) is 19.4 Å². The first-order valence-corrected chi connectivity index (χ1v) is 36.2. The Morgan fingerprint density at radius 3 is 1.21 bits per heavy atom. The van der Waals surface area contributed by atoms with E-state index in [9.17, 15) is 38.4 Å². The molecule has 2 aromatic carbocycles. The zero-order valence-electron chi connectivity index (χ0n) is 62.9. The van der Waals surface area contributed by atoms with Crippen molar-refractivity contribution in [3.05, 3.63) is 212 Å². The molecular formula is C75H95Br5ClN9O15. The summed E-state index contributed by atoms with van der Waals surface area (Å²) in [7, 11) is 3.21. The van der Waals surface area contributed by atoms with E-state index in [1.54, 1.807) is 137 Å². The van der Waals surface area contributed by atoms with Crippen molar-refractivity contribution in [1.29, 1.82) is 15.8 Å². The molecule has 6 rings (SSSR count). The number of aromatic nitrogens is 4. The van der Waals surface area contributed by atoms with E-state index in [0.29, 0.717) is 71.6 Å². The van der Waals surface area contributed by atoms with Crippen LogP contribution in [-0.2, 0) is 47.6 Å². The summed E-state index contributed by atoms with van der Waals surface area (Å²) in [5, 5.41) is 36.2. The van der Waals surface area contributed by atoms with Gasteiger partial charge in [-0.15, -0.1) is 0 Å². The number of methoxy groups -OCH3 is 2. The number of carbonyl (C=O) groups excluding carboxylic acids is 7. The Morgan fingerprint density at radius 2 is 0.924 bits per heavy atom. The van der Waals surface area contributed by atoms with Crippen molar-refractivity contribution in [2.75, 3.05) is 51.8 Å². The first-order valence-electron chi connectivity index (χ1n) is 31.1. The Kier molecular flexibility index (Phi) is 67.7. The molecule has 0 aliphatic rings. The maximum atomic E-state index is 12.2. The number of aryl methyl sites for hydroxylation is 6. The number of nitrogens with one attached hydrogen (secondary N) is 1. The number of anilines is 1. The molecule has 6 aromatic rings. The standard InChI is InChI=1S/C14H13BrN2O.C10H13NO2.C9H10BrNO2.C8H11NO2.C7H5BrClNO.C7H6BrNO2.C7H8.C5H7NO2.C4H10O2.C3H6O.CH3Br.H3N/c1-9-5-3-4-6-11(9)17-14(18)12-10(2)7-8-16-13(12)15;1-4-6-8(3)9(7-11)10(12)13-5-2;1-3-13-9(12)7-6(2)4-5-11-8(7)10;1-4-11-8(10)7(5-9)6(2)3;1-4-2-3-10-6(8)5(4)7(9)11;1-4-2-3-9-6(8)5(4)7(10)11;1-7-5-3-2-4-6-7;1-2-8-5(7)3-4-6;1-4(5-2)6-3;1-3(2)4;1-2;/h3-8H,1-2H3,(H,17,18);4,6H,5H2,1-3H3;4-5H,3H2,1-2H3;4H2,1-3H3;2-3H,1H3;2-3H,1H3,(H,10,11);2-6H,1H3;2-3H2,1H3;4H,1-3H3;1-2H3;1H3;1H3/b;6-4+,9-8-;;;;;;;;;;. The molecule has 24 nitrogen and oxygen atoms in total. The maximum absolute atomic E-state index is 12.2. The number of alkyl halides is 1. The molecule has 0 spiro atoms. The molecule has 1 amide bonds. The second-order valence-electron chi connectivity index (χ2n) is 20.1. The van der Waals surface area contributed by atoms with E-state index in [2.05, 4.69) is 143 Å². The van der Waals surface area contributed by atoms with Crippen molar-refractivity contribution in [1.82, 2.24) is 26.1 Å². The molecule has 0 radical (unpaired) electrons. The third-order valence-electron chi connectivity index (χ3n) is 11.6. The minimum Gasteiger partial charge on any atom is -0.478 e. The minimum absolute atomic E-state index is 0. The number of hydrogen-bond donors (Lipinski definition) is 3. The van der Waals surface area contributed by atoms with Gasteiger partial charge in [0.25, 0.3) is 11.1 Å². The largest absolute Gasteiger partial charge is 0.478 e. The first-order chi connectivity index (χ1) is 49.0. The van der Waals surface area contributed by atoms with Crippen molar-refractivity contribution in [3.63, 3.8) is 0 Å². The number of carboxylic acid groups (broad SMARTS) is 1. The lowest BCUT2D eigenvalue weighted by Crippen LogP contribution is -2.15. The number of esters is 4. The van der Waals surface area contributed by atoms with Crippen LogP contribution in [0.1, 0.15) is 157 Å². The molecular weight excluding hydrogens is 1700 g/mol. The molecule has 0 fully saturated rings. The highest BCUT2D eigenvalue weighted by molar-refractivity contribution is 9.11. The Hall–Kier alpha value is -8.54. The molecule has 0 aliphatic heterocycles. The van der Waals surface area contributed by atoms with Crippen molar-refractivity contribution in [3.8, 4) is 18.2 Å². The van der Waals surface area contributed by atoms with Gasteiger partial charge in [-0.2, -0.15) is 15.8 Å². The van der Waals surface area contributed by atoms with E-state index in [4.69, 9.17) is 42.0 Å². The van der Waals surface area contributed by atoms with Crippen LogP contribution in [0.15, 0.2) is 157 Å². The molecule has 0 saturated carbocycles. The highest BCUT2D eigenvalue weighted by Gasteiger charge is 2.17. The Balaban J connectivity index is -0.000000263. The Morgan fingerprint density at radius 1 is 0.552 bits per heavy atom. The lowest BCUT2D eigenvalue weighted by molar-refractivity contribution is -0.142. The number of carboxylic acids is 1. The van der Waals surface area contributed by atoms with Crippen LogP contribution in [0, 0.1) is 75.5 Å². The van der Waals surface area contributed by atoms with Gasteiger partial charge in [-0.1, -0.05) is 87.7 Å². The van der Waals surface area contributed by atoms with Gasteiger partial charge >= 0.3 is 29.8 Å². The predicted molar refractivity (Wildman–Crippen MR) is 427 cm³/mol. The summed E-state index contributed by atoms with van der Waals surface area (Å²) in [6.45, 7) is 31.3. The summed E-state index contributed by atoms with van der Waals surface area (Å²) in [5.41, 5.74) is 9.69. The van der Waals surface area contributed by atoms with E-state index in [0.717, 1.165) is 27.9 Å². The molecule has 0 bridgehead atoms. The van der Waals surface area contributed by atoms with Crippen LogP contribution in [0.3, 0.4) is 0 Å². The fourth-order valence-corrected chi connectivity index (χ4v) is 9.28. The highest BCUT2D eigenvalue weighted by Crippen LogP contribution is 2.23. The summed E-state index contributed by atoms with van der Waals surface area (Å²) < 4.78 is 30.0. The van der Waals surface area contributed by atoms with Gasteiger partial charge < -0.3 is 49.8 Å². The normalized spacial score (nSPS) is 9.37. The molecule has 4 heterocycles. The van der Waals surface area contributed by atoms with Crippen LogP contribution in [0.4, 0.5) is 5.69 Å². The average molecular weight is 1800 g/mol. The van der Waals surface area contributed by atoms with Crippen LogP contribution in [0.2, 0.25) is 0 Å². The number of Topliss-reactive ketones (excluding diaryl/α,β-unsaturated/α-hetero) is 1. The minimum atomic E-state index is -0.956. The molecule has 5 N–H and O–H groups in total. The number of pyridine rings is 4. The number of hydrogen-bond acceptors (Lipinski definition) is 22. The number of halogens is 6. The Bertz CT molecular complexity index is 3720.